The predicted molar refractivity (Wildman–Crippen MR) is 78.4 cm³/mol. The molecule has 1 aliphatic heterocycles. The zero-order valence-corrected chi connectivity index (χ0v) is 12.5. The molecule has 0 bridgehead atoms. The topological polar surface area (TPSA) is 77.1 Å². The number of nitrogens with one attached hydrogen (secondary N) is 1. The first-order valence-corrected chi connectivity index (χ1v) is 7.10. The molecule has 1 fully saturated rings. The third-order valence-corrected chi connectivity index (χ3v) is 3.18. The summed E-state index contributed by atoms with van der Waals surface area (Å²) >= 11 is 0. The number of rotatable bonds is 6. The van der Waals surface area contributed by atoms with Crippen LogP contribution in [0, 0.1) is 0 Å². The zero-order valence-electron chi connectivity index (χ0n) is 12.5. The summed E-state index contributed by atoms with van der Waals surface area (Å²) in [6, 6.07) is 6.83. The molecule has 0 unspecified atom stereocenters. The Bertz CT molecular complexity index is 514. The van der Waals surface area contributed by atoms with E-state index in [0.717, 1.165) is 13.1 Å². The fraction of sp³-hybridized carbons (Fsp3) is 0.467. The maximum absolute atomic E-state index is 12.2. The van der Waals surface area contributed by atoms with Gasteiger partial charge in [0, 0.05) is 20.0 Å². The van der Waals surface area contributed by atoms with Crippen molar-refractivity contribution in [3.05, 3.63) is 29.8 Å². The quantitative estimate of drug-likeness (QED) is 0.613. The van der Waals surface area contributed by atoms with E-state index in [9.17, 15) is 9.59 Å². The molecule has 1 aromatic rings. The summed E-state index contributed by atoms with van der Waals surface area (Å²) in [5, 5.41) is 2.85. The molecule has 0 saturated carbocycles. The van der Waals surface area contributed by atoms with Gasteiger partial charge in [0.15, 0.2) is 0 Å². The first-order valence-electron chi connectivity index (χ1n) is 7.10. The number of benzene rings is 1. The predicted octanol–water partition coefficient (Wildman–Crippen LogP) is 0.605. The van der Waals surface area contributed by atoms with E-state index in [1.54, 1.807) is 24.3 Å². The zero-order chi connectivity index (χ0) is 15.8. The van der Waals surface area contributed by atoms with Crippen LogP contribution in [-0.2, 0) is 14.3 Å². The Morgan fingerprint density at radius 1 is 1.27 bits per heavy atom. The first-order chi connectivity index (χ1) is 10.7. The largest absolute Gasteiger partial charge is 0.457 e. The van der Waals surface area contributed by atoms with E-state index < -0.39 is 5.97 Å². The Morgan fingerprint density at radius 2 is 2.00 bits per heavy atom. The molecule has 1 saturated heterocycles. The molecule has 0 aromatic heterocycles. The van der Waals surface area contributed by atoms with Crippen LogP contribution in [-0.4, -0.2) is 56.5 Å². The number of para-hydroxylation sites is 1. The maximum atomic E-state index is 12.2. The van der Waals surface area contributed by atoms with Crippen molar-refractivity contribution in [2.75, 3.05) is 39.8 Å². The molecule has 2 rings (SSSR count). The molecule has 1 aromatic carbocycles. The van der Waals surface area contributed by atoms with Crippen molar-refractivity contribution in [1.29, 1.82) is 0 Å². The van der Waals surface area contributed by atoms with Crippen molar-refractivity contribution >= 4 is 11.9 Å². The lowest BCUT2D eigenvalue weighted by atomic mass is 10.2. The molecule has 1 N–H and O–H groups in total. The fourth-order valence-corrected chi connectivity index (χ4v) is 1.99. The SMILES string of the molecule is CC(=O)OCOc1ccccc1C(=O)NCN1CCOCC1. The highest BCUT2D eigenvalue weighted by Gasteiger charge is 2.15. The second-order valence-electron chi connectivity index (χ2n) is 4.79. The smallest absolute Gasteiger partial charge is 0.305 e. The van der Waals surface area contributed by atoms with Gasteiger partial charge in [-0.2, -0.15) is 0 Å². The lowest BCUT2D eigenvalue weighted by Crippen LogP contribution is -2.43. The number of nitrogens with zero attached hydrogens (tertiary/aromatic N) is 1. The van der Waals surface area contributed by atoms with Crippen molar-refractivity contribution in [2.24, 2.45) is 0 Å². The van der Waals surface area contributed by atoms with Gasteiger partial charge >= 0.3 is 5.97 Å². The summed E-state index contributed by atoms with van der Waals surface area (Å²) < 4.78 is 15.3. The summed E-state index contributed by atoms with van der Waals surface area (Å²) in [7, 11) is 0. The van der Waals surface area contributed by atoms with E-state index in [4.69, 9.17) is 14.2 Å². The van der Waals surface area contributed by atoms with Crippen LogP contribution in [0.4, 0.5) is 0 Å². The average Bonchev–Trinajstić information content (AvgIpc) is 2.54. The van der Waals surface area contributed by atoms with Crippen LogP contribution in [0.5, 0.6) is 5.75 Å². The van der Waals surface area contributed by atoms with Crippen molar-refractivity contribution in [3.63, 3.8) is 0 Å². The number of carbonyl (C=O) groups is 2. The van der Waals surface area contributed by atoms with Crippen LogP contribution >= 0.6 is 0 Å². The summed E-state index contributed by atoms with van der Waals surface area (Å²) in [4.78, 5) is 25.1. The second kappa shape index (κ2) is 8.35. The van der Waals surface area contributed by atoms with Crippen molar-refractivity contribution in [2.45, 2.75) is 6.92 Å². The van der Waals surface area contributed by atoms with Gasteiger partial charge in [-0.3, -0.25) is 14.5 Å². The van der Waals surface area contributed by atoms with Gasteiger partial charge in [0.2, 0.25) is 6.79 Å². The minimum absolute atomic E-state index is 0.219. The van der Waals surface area contributed by atoms with E-state index in [1.165, 1.54) is 6.92 Å². The number of morpholine rings is 1. The van der Waals surface area contributed by atoms with Gasteiger partial charge in [0.05, 0.1) is 25.4 Å². The molecule has 22 heavy (non-hydrogen) atoms. The van der Waals surface area contributed by atoms with Crippen molar-refractivity contribution in [3.8, 4) is 5.75 Å². The molecule has 0 aliphatic carbocycles. The number of carbonyl (C=O) groups excluding carboxylic acids is 2. The Labute approximate surface area is 129 Å². The van der Waals surface area contributed by atoms with Gasteiger partial charge < -0.3 is 19.5 Å². The standard InChI is InChI=1S/C15H20N2O5/c1-12(18)21-11-22-14-5-3-2-4-13(14)15(19)16-10-17-6-8-20-9-7-17/h2-5H,6-11H2,1H3,(H,16,19). The van der Waals surface area contributed by atoms with Crippen LogP contribution in [0.2, 0.25) is 0 Å². The Morgan fingerprint density at radius 3 is 2.73 bits per heavy atom. The summed E-state index contributed by atoms with van der Waals surface area (Å²) in [5.41, 5.74) is 0.405. The third kappa shape index (κ3) is 5.01. The molecular formula is C15H20N2O5. The van der Waals surface area contributed by atoms with Gasteiger partial charge in [0.25, 0.3) is 5.91 Å². The molecule has 0 radical (unpaired) electrons. The Balaban J connectivity index is 1.89. The van der Waals surface area contributed by atoms with E-state index in [1.807, 2.05) is 0 Å². The van der Waals surface area contributed by atoms with Gasteiger partial charge in [-0.15, -0.1) is 0 Å². The second-order valence-corrected chi connectivity index (χ2v) is 4.79. The molecule has 0 atom stereocenters. The molecule has 1 aliphatic rings. The number of hydrogen-bond acceptors (Lipinski definition) is 6. The molecule has 7 nitrogen and oxygen atoms in total. The summed E-state index contributed by atoms with van der Waals surface area (Å²) in [5.74, 6) is -0.289. The number of hydrogen-bond donors (Lipinski definition) is 1. The van der Waals surface area contributed by atoms with Crippen LogP contribution in [0.3, 0.4) is 0 Å². The number of amides is 1. The summed E-state index contributed by atoms with van der Waals surface area (Å²) in [6.07, 6.45) is 0. The molecule has 0 spiro atoms. The minimum Gasteiger partial charge on any atom is -0.457 e. The maximum Gasteiger partial charge on any atom is 0.305 e. The van der Waals surface area contributed by atoms with E-state index in [2.05, 4.69) is 10.2 Å². The van der Waals surface area contributed by atoms with Crippen molar-refractivity contribution in [1.82, 2.24) is 10.2 Å². The third-order valence-electron chi connectivity index (χ3n) is 3.18. The fourth-order valence-electron chi connectivity index (χ4n) is 1.99. The molecular weight excluding hydrogens is 288 g/mol. The van der Waals surface area contributed by atoms with Gasteiger partial charge in [0.1, 0.15) is 5.75 Å². The summed E-state index contributed by atoms with van der Waals surface area (Å²) in [6.45, 7) is 4.49. The van der Waals surface area contributed by atoms with Crippen LogP contribution in [0.1, 0.15) is 17.3 Å². The lowest BCUT2D eigenvalue weighted by Gasteiger charge is -2.26. The Hall–Kier alpha value is -2.12. The average molecular weight is 308 g/mol. The van der Waals surface area contributed by atoms with Crippen LogP contribution in [0.15, 0.2) is 24.3 Å². The normalized spacial score (nSPS) is 15.1. The molecule has 120 valence electrons. The van der Waals surface area contributed by atoms with E-state index in [-0.39, 0.29) is 12.7 Å². The number of esters is 1. The molecule has 7 heteroatoms. The van der Waals surface area contributed by atoms with Gasteiger partial charge in [-0.25, -0.2) is 0 Å². The molecule has 1 heterocycles. The minimum atomic E-state index is -0.436. The Kier molecular flexibility index (Phi) is 6.17. The van der Waals surface area contributed by atoms with Crippen molar-refractivity contribution < 1.29 is 23.8 Å². The first kappa shape index (κ1) is 16.3. The molecule has 1 amide bonds. The lowest BCUT2D eigenvalue weighted by molar-refractivity contribution is -0.147. The van der Waals surface area contributed by atoms with E-state index >= 15 is 0 Å². The number of ether oxygens (including phenoxy) is 3. The monoisotopic (exact) mass is 308 g/mol. The van der Waals surface area contributed by atoms with Gasteiger partial charge in [-0.1, -0.05) is 12.1 Å². The van der Waals surface area contributed by atoms with E-state index in [0.29, 0.717) is 31.2 Å². The van der Waals surface area contributed by atoms with Crippen LogP contribution in [0.25, 0.3) is 0 Å². The highest BCUT2D eigenvalue weighted by atomic mass is 16.7. The highest BCUT2D eigenvalue weighted by Crippen LogP contribution is 2.17. The van der Waals surface area contributed by atoms with Gasteiger partial charge in [-0.05, 0) is 12.1 Å². The highest BCUT2D eigenvalue weighted by molar-refractivity contribution is 5.96. The van der Waals surface area contributed by atoms with Crippen LogP contribution < -0.4 is 10.1 Å².